The predicted molar refractivity (Wildman–Crippen MR) is 71.3 cm³/mol. The van der Waals surface area contributed by atoms with E-state index in [9.17, 15) is 4.79 Å². The van der Waals surface area contributed by atoms with Crippen molar-refractivity contribution in [2.24, 2.45) is 5.73 Å². The fourth-order valence-corrected chi connectivity index (χ4v) is 1.95. The van der Waals surface area contributed by atoms with Crippen LogP contribution in [0.1, 0.15) is 24.0 Å². The number of anilines is 1. The SMILES string of the molecule is Cc1ccnc(N(C)CC(=O)NC2CC2)c1CN. The van der Waals surface area contributed by atoms with E-state index < -0.39 is 0 Å². The number of carbonyl (C=O) groups is 1. The fraction of sp³-hybridized carbons (Fsp3) is 0.538. The lowest BCUT2D eigenvalue weighted by molar-refractivity contribution is -0.119. The lowest BCUT2D eigenvalue weighted by atomic mass is 10.1. The molecule has 0 unspecified atom stereocenters. The summed E-state index contributed by atoms with van der Waals surface area (Å²) in [5.74, 6) is 0.842. The molecule has 1 aromatic heterocycles. The summed E-state index contributed by atoms with van der Waals surface area (Å²) in [6.07, 6.45) is 3.96. The highest BCUT2D eigenvalue weighted by molar-refractivity contribution is 5.81. The average molecular weight is 248 g/mol. The minimum Gasteiger partial charge on any atom is -0.352 e. The van der Waals surface area contributed by atoms with E-state index in [2.05, 4.69) is 10.3 Å². The Morgan fingerprint density at radius 3 is 2.94 bits per heavy atom. The van der Waals surface area contributed by atoms with Gasteiger partial charge in [0.1, 0.15) is 5.82 Å². The molecule has 1 amide bonds. The molecule has 0 radical (unpaired) electrons. The molecule has 18 heavy (non-hydrogen) atoms. The molecule has 5 nitrogen and oxygen atoms in total. The van der Waals surface area contributed by atoms with Gasteiger partial charge in [-0.2, -0.15) is 0 Å². The summed E-state index contributed by atoms with van der Waals surface area (Å²) in [5, 5.41) is 2.97. The number of nitrogens with one attached hydrogen (secondary N) is 1. The van der Waals surface area contributed by atoms with Gasteiger partial charge in [-0.05, 0) is 31.4 Å². The number of hydrogen-bond acceptors (Lipinski definition) is 4. The van der Waals surface area contributed by atoms with Gasteiger partial charge in [-0.3, -0.25) is 4.79 Å². The van der Waals surface area contributed by atoms with Crippen LogP contribution in [0.25, 0.3) is 0 Å². The highest BCUT2D eigenvalue weighted by Gasteiger charge is 2.24. The molecule has 0 aliphatic heterocycles. The number of aromatic nitrogens is 1. The van der Waals surface area contributed by atoms with Gasteiger partial charge in [0.15, 0.2) is 0 Å². The molecule has 5 heteroatoms. The molecule has 0 saturated heterocycles. The van der Waals surface area contributed by atoms with Crippen LogP contribution in [-0.2, 0) is 11.3 Å². The molecule has 2 rings (SSSR count). The minimum absolute atomic E-state index is 0.0475. The van der Waals surface area contributed by atoms with Crippen molar-refractivity contribution in [2.45, 2.75) is 32.4 Å². The molecule has 1 aromatic rings. The summed E-state index contributed by atoms with van der Waals surface area (Å²) in [5.41, 5.74) is 7.85. The summed E-state index contributed by atoms with van der Waals surface area (Å²) in [6.45, 7) is 2.76. The highest BCUT2D eigenvalue weighted by atomic mass is 16.2. The normalized spacial score (nSPS) is 14.4. The second-order valence-electron chi connectivity index (χ2n) is 4.83. The van der Waals surface area contributed by atoms with Crippen molar-refractivity contribution in [3.8, 4) is 0 Å². The number of likely N-dealkylation sites (N-methyl/N-ethyl adjacent to an activating group) is 1. The van der Waals surface area contributed by atoms with Crippen LogP contribution in [0.5, 0.6) is 0 Å². The van der Waals surface area contributed by atoms with Gasteiger partial charge in [0.05, 0.1) is 6.54 Å². The second kappa shape index (κ2) is 5.35. The van der Waals surface area contributed by atoms with Crippen molar-refractivity contribution in [1.29, 1.82) is 0 Å². The maximum Gasteiger partial charge on any atom is 0.239 e. The first-order valence-corrected chi connectivity index (χ1v) is 6.27. The van der Waals surface area contributed by atoms with E-state index in [1.807, 2.05) is 24.9 Å². The number of aryl methyl sites for hydroxylation is 1. The smallest absolute Gasteiger partial charge is 0.239 e. The molecule has 0 spiro atoms. The van der Waals surface area contributed by atoms with Gasteiger partial charge in [-0.1, -0.05) is 0 Å². The van der Waals surface area contributed by atoms with Gasteiger partial charge in [0.25, 0.3) is 0 Å². The predicted octanol–water partition coefficient (Wildman–Crippen LogP) is 0.564. The van der Waals surface area contributed by atoms with E-state index in [4.69, 9.17) is 5.73 Å². The van der Waals surface area contributed by atoms with E-state index in [0.29, 0.717) is 19.1 Å². The van der Waals surface area contributed by atoms with Crippen molar-refractivity contribution in [2.75, 3.05) is 18.5 Å². The van der Waals surface area contributed by atoms with Gasteiger partial charge < -0.3 is 16.0 Å². The van der Waals surface area contributed by atoms with Gasteiger partial charge in [-0.25, -0.2) is 4.98 Å². The van der Waals surface area contributed by atoms with Crippen LogP contribution in [0.3, 0.4) is 0 Å². The molecule has 0 atom stereocenters. The van der Waals surface area contributed by atoms with E-state index in [1.165, 1.54) is 0 Å². The third-order valence-electron chi connectivity index (χ3n) is 3.16. The van der Waals surface area contributed by atoms with Crippen LogP contribution >= 0.6 is 0 Å². The molecule has 0 aromatic carbocycles. The Morgan fingerprint density at radius 2 is 2.33 bits per heavy atom. The molecular formula is C13H20N4O. The summed E-state index contributed by atoms with van der Waals surface area (Å²) < 4.78 is 0. The molecule has 1 aliphatic carbocycles. The third-order valence-corrected chi connectivity index (χ3v) is 3.16. The maximum atomic E-state index is 11.7. The van der Waals surface area contributed by atoms with Crippen LogP contribution in [0.2, 0.25) is 0 Å². The first-order valence-electron chi connectivity index (χ1n) is 6.27. The van der Waals surface area contributed by atoms with Crippen molar-refractivity contribution in [1.82, 2.24) is 10.3 Å². The van der Waals surface area contributed by atoms with Crippen molar-refractivity contribution < 1.29 is 4.79 Å². The monoisotopic (exact) mass is 248 g/mol. The number of carbonyl (C=O) groups excluding carboxylic acids is 1. The summed E-state index contributed by atoms with van der Waals surface area (Å²) in [4.78, 5) is 17.9. The van der Waals surface area contributed by atoms with Crippen molar-refractivity contribution >= 4 is 11.7 Å². The first-order chi connectivity index (χ1) is 8.61. The Labute approximate surface area is 107 Å². The Bertz CT molecular complexity index is 443. The Balaban J connectivity index is 2.05. The van der Waals surface area contributed by atoms with E-state index in [-0.39, 0.29) is 5.91 Å². The van der Waals surface area contributed by atoms with E-state index >= 15 is 0 Å². The third kappa shape index (κ3) is 2.98. The quantitative estimate of drug-likeness (QED) is 0.799. The average Bonchev–Trinajstić information content (AvgIpc) is 3.12. The molecule has 98 valence electrons. The Hall–Kier alpha value is -1.62. The Morgan fingerprint density at radius 1 is 1.61 bits per heavy atom. The number of hydrogen-bond donors (Lipinski definition) is 2. The molecular weight excluding hydrogens is 228 g/mol. The molecule has 1 saturated carbocycles. The molecule has 1 aliphatic rings. The molecule has 3 N–H and O–H groups in total. The van der Waals surface area contributed by atoms with Crippen LogP contribution in [0, 0.1) is 6.92 Å². The topological polar surface area (TPSA) is 71.2 Å². The maximum absolute atomic E-state index is 11.7. The van der Waals surface area contributed by atoms with Crippen molar-refractivity contribution in [3.63, 3.8) is 0 Å². The van der Waals surface area contributed by atoms with Crippen molar-refractivity contribution in [3.05, 3.63) is 23.4 Å². The molecule has 1 heterocycles. The van der Waals surface area contributed by atoms with Crippen LogP contribution in [-0.4, -0.2) is 30.5 Å². The van der Waals surface area contributed by atoms with E-state index in [0.717, 1.165) is 29.8 Å². The van der Waals surface area contributed by atoms with Gasteiger partial charge in [0, 0.05) is 31.4 Å². The molecule has 1 fully saturated rings. The number of rotatable bonds is 5. The van der Waals surface area contributed by atoms with Gasteiger partial charge in [0.2, 0.25) is 5.91 Å². The van der Waals surface area contributed by atoms with Crippen LogP contribution < -0.4 is 16.0 Å². The number of amides is 1. The summed E-state index contributed by atoms with van der Waals surface area (Å²) in [7, 11) is 1.87. The standard InChI is InChI=1S/C13H20N4O/c1-9-5-6-15-13(11(9)7-14)17(2)8-12(18)16-10-3-4-10/h5-6,10H,3-4,7-8,14H2,1-2H3,(H,16,18). The first kappa shape index (κ1) is 12.8. The fourth-order valence-electron chi connectivity index (χ4n) is 1.95. The number of nitrogens with two attached hydrogens (primary N) is 1. The zero-order valence-electron chi connectivity index (χ0n) is 10.9. The van der Waals surface area contributed by atoms with Gasteiger partial charge >= 0.3 is 0 Å². The second-order valence-corrected chi connectivity index (χ2v) is 4.83. The highest BCUT2D eigenvalue weighted by Crippen LogP contribution is 2.20. The summed E-state index contributed by atoms with van der Waals surface area (Å²) in [6, 6.07) is 2.33. The van der Waals surface area contributed by atoms with Crippen LogP contribution in [0.15, 0.2) is 12.3 Å². The number of nitrogens with zero attached hydrogens (tertiary/aromatic N) is 2. The minimum atomic E-state index is 0.0475. The Kier molecular flexibility index (Phi) is 3.81. The largest absolute Gasteiger partial charge is 0.352 e. The lowest BCUT2D eigenvalue weighted by Gasteiger charge is -2.21. The number of pyridine rings is 1. The molecule has 0 bridgehead atoms. The zero-order chi connectivity index (χ0) is 13.1. The summed E-state index contributed by atoms with van der Waals surface area (Å²) >= 11 is 0. The van der Waals surface area contributed by atoms with Crippen LogP contribution in [0.4, 0.5) is 5.82 Å². The van der Waals surface area contributed by atoms with Gasteiger partial charge in [-0.15, -0.1) is 0 Å². The zero-order valence-corrected chi connectivity index (χ0v) is 10.9. The van der Waals surface area contributed by atoms with E-state index in [1.54, 1.807) is 6.20 Å². The lowest BCUT2D eigenvalue weighted by Crippen LogP contribution is -2.37.